The zero-order valence-electron chi connectivity index (χ0n) is 23.7. The van der Waals surface area contributed by atoms with Gasteiger partial charge in [-0.05, 0) is 75.4 Å². The number of carboxylic acids is 1. The highest BCUT2D eigenvalue weighted by Gasteiger charge is 2.59. The zero-order valence-corrected chi connectivity index (χ0v) is 23.7. The Labute approximate surface area is 242 Å². The largest absolute Gasteiger partial charge is 0.493 e. The highest BCUT2D eigenvalue weighted by atomic mass is 19.4. The number of piperidine rings is 1. The molecule has 4 unspecified atom stereocenters. The van der Waals surface area contributed by atoms with Gasteiger partial charge in [0.25, 0.3) is 5.91 Å². The van der Waals surface area contributed by atoms with E-state index < -0.39 is 46.7 Å². The molecule has 42 heavy (non-hydrogen) atoms. The molecule has 2 N–H and O–H groups in total. The number of ether oxygens (including phenoxy) is 1. The number of alkyl halides is 4. The number of allylic oxidation sites excluding steroid dienone is 3. The van der Waals surface area contributed by atoms with Gasteiger partial charge in [-0.2, -0.15) is 13.2 Å². The molecule has 4 aliphatic rings. The van der Waals surface area contributed by atoms with E-state index in [0.29, 0.717) is 37.4 Å². The van der Waals surface area contributed by atoms with Crippen molar-refractivity contribution in [3.8, 4) is 5.75 Å². The number of hydrogen-bond acceptors (Lipinski definition) is 5. The summed E-state index contributed by atoms with van der Waals surface area (Å²) in [6.45, 7) is 2.74. The average Bonchev–Trinajstić information content (AvgIpc) is 3.24. The van der Waals surface area contributed by atoms with Crippen LogP contribution in [-0.2, 0) is 9.59 Å². The SMILES string of the molecule is CC1(C(=O)O)CC(O)CN1C(=O)C1(F)C=CC=CC1c1ccc(OCC2CCN(CC3(C(F)(F)F)CCC3)CC2)cc1. The molecule has 2 heterocycles. The number of benzene rings is 1. The maximum Gasteiger partial charge on any atom is 0.395 e. The van der Waals surface area contributed by atoms with Crippen molar-refractivity contribution in [1.82, 2.24) is 9.80 Å². The Bertz CT molecular complexity index is 1220. The van der Waals surface area contributed by atoms with Crippen LogP contribution in [0, 0.1) is 11.3 Å². The number of carboxylic acid groups (broad SMARTS) is 1. The van der Waals surface area contributed by atoms with Gasteiger partial charge in [-0.25, -0.2) is 9.18 Å². The van der Waals surface area contributed by atoms with Gasteiger partial charge in [0.2, 0.25) is 5.67 Å². The number of aliphatic hydroxyl groups is 1. The van der Waals surface area contributed by atoms with Crippen molar-refractivity contribution in [2.75, 3.05) is 32.8 Å². The normalized spacial score (nSPS) is 31.6. The van der Waals surface area contributed by atoms with Gasteiger partial charge in [0.05, 0.1) is 18.1 Å². The van der Waals surface area contributed by atoms with Crippen molar-refractivity contribution in [3.05, 3.63) is 54.1 Å². The Balaban J connectivity index is 1.18. The molecular weight excluding hydrogens is 556 g/mol. The topological polar surface area (TPSA) is 90.3 Å². The standard InChI is InChI=1S/C31H38F4N2O5/c1-28(27(40)41)17-23(38)18-37(28)26(39)30(32)14-3-2-5-25(30)22-6-8-24(9-7-22)42-19-21-10-15-36(16-11-21)20-29(12-4-13-29)31(33,34)35/h2-3,5-9,14,21,23,25,38H,4,10-13,15-20H2,1H3,(H,40,41). The zero-order chi connectivity index (χ0) is 30.3. The van der Waals surface area contributed by atoms with Crippen molar-refractivity contribution < 1.29 is 42.1 Å². The lowest BCUT2D eigenvalue weighted by Crippen LogP contribution is -2.57. The second-order valence-corrected chi connectivity index (χ2v) is 12.6. The predicted molar refractivity (Wildman–Crippen MR) is 147 cm³/mol. The smallest absolute Gasteiger partial charge is 0.395 e. The Morgan fingerprint density at radius 2 is 1.76 bits per heavy atom. The van der Waals surface area contributed by atoms with Crippen LogP contribution in [0.3, 0.4) is 0 Å². The molecule has 11 heteroatoms. The van der Waals surface area contributed by atoms with Crippen LogP contribution < -0.4 is 4.74 Å². The van der Waals surface area contributed by atoms with Crippen molar-refractivity contribution in [1.29, 1.82) is 0 Å². The fraction of sp³-hybridized carbons (Fsp3) is 0.613. The molecule has 3 fully saturated rings. The predicted octanol–water partition coefficient (Wildman–Crippen LogP) is 4.86. The summed E-state index contributed by atoms with van der Waals surface area (Å²) in [5.74, 6) is -2.57. The third-order valence-corrected chi connectivity index (χ3v) is 9.73. The van der Waals surface area contributed by atoms with E-state index in [1.165, 1.54) is 13.0 Å². The number of hydrogen-bond donors (Lipinski definition) is 2. The number of rotatable bonds is 8. The first-order chi connectivity index (χ1) is 19.8. The molecule has 1 saturated carbocycles. The second-order valence-electron chi connectivity index (χ2n) is 12.6. The van der Waals surface area contributed by atoms with E-state index in [9.17, 15) is 33.0 Å². The first-order valence-corrected chi connectivity index (χ1v) is 14.6. The number of β-amino-alcohol motifs (C(OH)–C–C–N with tert-alkyl or cyclic N) is 1. The maximum atomic E-state index is 16.5. The molecule has 2 aliphatic heterocycles. The van der Waals surface area contributed by atoms with Gasteiger partial charge in [0.15, 0.2) is 0 Å². The van der Waals surface area contributed by atoms with Crippen LogP contribution in [0.5, 0.6) is 5.75 Å². The number of halogens is 4. The van der Waals surface area contributed by atoms with Gasteiger partial charge in [-0.3, -0.25) is 4.79 Å². The molecule has 2 saturated heterocycles. The Morgan fingerprint density at radius 3 is 2.33 bits per heavy atom. The van der Waals surface area contributed by atoms with Gasteiger partial charge < -0.3 is 24.7 Å². The summed E-state index contributed by atoms with van der Waals surface area (Å²) < 4.78 is 63.1. The number of nitrogens with zero attached hydrogens (tertiary/aromatic N) is 2. The summed E-state index contributed by atoms with van der Waals surface area (Å²) in [5.41, 5.74) is -5.32. The summed E-state index contributed by atoms with van der Waals surface area (Å²) >= 11 is 0. The second kappa shape index (κ2) is 11.3. The first kappa shape index (κ1) is 30.5. The van der Waals surface area contributed by atoms with Crippen LogP contribution in [-0.4, -0.2) is 88.2 Å². The minimum atomic E-state index is -4.16. The summed E-state index contributed by atoms with van der Waals surface area (Å²) in [5, 5.41) is 19.8. The van der Waals surface area contributed by atoms with Crippen molar-refractivity contribution in [2.45, 2.75) is 74.9 Å². The minimum absolute atomic E-state index is 0.0722. The Hall–Kier alpha value is -2.92. The molecule has 7 nitrogen and oxygen atoms in total. The van der Waals surface area contributed by atoms with Gasteiger partial charge in [-0.1, -0.05) is 36.8 Å². The lowest BCUT2D eigenvalue weighted by molar-refractivity contribution is -0.256. The lowest BCUT2D eigenvalue weighted by atomic mass is 9.67. The quantitative estimate of drug-likeness (QED) is 0.418. The van der Waals surface area contributed by atoms with Gasteiger partial charge >= 0.3 is 12.1 Å². The molecular formula is C31H38F4N2O5. The van der Waals surface area contributed by atoms with E-state index in [0.717, 1.165) is 23.8 Å². The van der Waals surface area contributed by atoms with Crippen LogP contribution in [0.15, 0.2) is 48.6 Å². The number of carbonyl (C=O) groups excluding carboxylic acids is 1. The molecule has 0 radical (unpaired) electrons. The van der Waals surface area contributed by atoms with E-state index in [1.54, 1.807) is 36.4 Å². The molecule has 0 bridgehead atoms. The van der Waals surface area contributed by atoms with Crippen LogP contribution in [0.25, 0.3) is 0 Å². The average molecular weight is 595 g/mol. The van der Waals surface area contributed by atoms with Gasteiger partial charge in [0, 0.05) is 25.4 Å². The summed E-state index contributed by atoms with van der Waals surface area (Å²) in [4.78, 5) is 28.3. The van der Waals surface area contributed by atoms with Crippen molar-refractivity contribution >= 4 is 11.9 Å². The summed E-state index contributed by atoms with van der Waals surface area (Å²) in [7, 11) is 0. The van der Waals surface area contributed by atoms with E-state index in [-0.39, 0.29) is 38.3 Å². The number of aliphatic carboxylic acids is 1. The number of amides is 1. The number of carbonyl (C=O) groups is 2. The third-order valence-electron chi connectivity index (χ3n) is 9.73. The molecule has 1 aromatic carbocycles. The number of aliphatic hydroxyl groups excluding tert-OH is 1. The van der Waals surface area contributed by atoms with Crippen LogP contribution in [0.1, 0.15) is 56.9 Å². The summed E-state index contributed by atoms with van der Waals surface area (Å²) in [6.07, 6.45) is 2.86. The van der Waals surface area contributed by atoms with Crippen molar-refractivity contribution in [2.24, 2.45) is 11.3 Å². The molecule has 0 aromatic heterocycles. The van der Waals surface area contributed by atoms with Gasteiger partial charge in [-0.15, -0.1) is 0 Å². The van der Waals surface area contributed by atoms with Crippen molar-refractivity contribution in [3.63, 3.8) is 0 Å². The van der Waals surface area contributed by atoms with E-state index in [2.05, 4.69) is 0 Å². The summed E-state index contributed by atoms with van der Waals surface area (Å²) in [6, 6.07) is 6.70. The third kappa shape index (κ3) is 5.57. The van der Waals surface area contributed by atoms with Gasteiger partial charge in [0.1, 0.15) is 11.3 Å². The lowest BCUT2D eigenvalue weighted by Gasteiger charge is -2.47. The van der Waals surface area contributed by atoms with Crippen LogP contribution in [0.4, 0.5) is 17.6 Å². The number of likely N-dealkylation sites (tertiary alicyclic amines) is 2. The molecule has 0 spiro atoms. The van der Waals surface area contributed by atoms with Crippen LogP contribution in [0.2, 0.25) is 0 Å². The highest BCUT2D eigenvalue weighted by molar-refractivity contribution is 5.94. The Morgan fingerprint density at radius 1 is 1.10 bits per heavy atom. The first-order valence-electron chi connectivity index (χ1n) is 14.6. The molecule has 1 amide bonds. The fourth-order valence-electron chi connectivity index (χ4n) is 6.79. The maximum absolute atomic E-state index is 16.5. The highest BCUT2D eigenvalue weighted by Crippen LogP contribution is 2.53. The minimum Gasteiger partial charge on any atom is -0.493 e. The molecule has 1 aromatic rings. The van der Waals surface area contributed by atoms with Crippen LogP contribution >= 0.6 is 0 Å². The molecule has 5 rings (SSSR count). The van der Waals surface area contributed by atoms with E-state index in [1.807, 2.05) is 4.90 Å². The molecule has 230 valence electrons. The monoisotopic (exact) mass is 594 g/mol. The molecule has 4 atom stereocenters. The van der Waals surface area contributed by atoms with E-state index in [4.69, 9.17) is 4.74 Å². The van der Waals surface area contributed by atoms with E-state index >= 15 is 4.39 Å². The molecule has 2 aliphatic carbocycles. The fourth-order valence-corrected chi connectivity index (χ4v) is 6.79. The Kier molecular flexibility index (Phi) is 8.21.